The molecule has 3 heteroatoms. The minimum atomic E-state index is 0.144. The molecular formula is C12H22N2O. The van der Waals surface area contributed by atoms with Crippen molar-refractivity contribution >= 4 is 5.91 Å². The second-order valence-electron chi connectivity index (χ2n) is 3.96. The normalized spacial score (nSPS) is 15.1. The molecule has 2 N–H and O–H groups in total. The molecule has 0 fully saturated rings. The summed E-state index contributed by atoms with van der Waals surface area (Å²) in [5.74, 6) is 0.144. The van der Waals surface area contributed by atoms with Crippen LogP contribution in [0, 0.1) is 0 Å². The molecule has 1 aliphatic carbocycles. The third kappa shape index (κ3) is 5.57. The first-order valence-corrected chi connectivity index (χ1v) is 5.98. The van der Waals surface area contributed by atoms with Crippen LogP contribution in [0.2, 0.25) is 0 Å². The van der Waals surface area contributed by atoms with Gasteiger partial charge in [-0.25, -0.2) is 0 Å². The van der Waals surface area contributed by atoms with Gasteiger partial charge in [-0.15, -0.1) is 0 Å². The Morgan fingerprint density at radius 2 is 2.33 bits per heavy atom. The van der Waals surface area contributed by atoms with Crippen LogP contribution in [-0.4, -0.2) is 25.5 Å². The quantitative estimate of drug-likeness (QED) is 0.495. The average Bonchev–Trinajstić information content (AvgIpc) is 2.70. The van der Waals surface area contributed by atoms with Crippen LogP contribution in [0.5, 0.6) is 0 Å². The molecule has 0 unspecified atom stereocenters. The Kier molecular flexibility index (Phi) is 6.09. The van der Waals surface area contributed by atoms with E-state index in [1.54, 1.807) is 5.57 Å². The molecule has 3 nitrogen and oxygen atoms in total. The number of hydrogen-bond donors (Lipinski definition) is 2. The van der Waals surface area contributed by atoms with Crippen LogP contribution in [-0.2, 0) is 4.79 Å². The number of allylic oxidation sites excluding steroid dienone is 1. The van der Waals surface area contributed by atoms with Gasteiger partial charge in [0.15, 0.2) is 0 Å². The summed E-state index contributed by atoms with van der Waals surface area (Å²) in [7, 11) is 0. The molecule has 0 aromatic heterocycles. The Labute approximate surface area is 92.3 Å². The first-order valence-electron chi connectivity index (χ1n) is 5.98. The summed E-state index contributed by atoms with van der Waals surface area (Å²) >= 11 is 0. The van der Waals surface area contributed by atoms with E-state index in [1.807, 2.05) is 6.92 Å². The van der Waals surface area contributed by atoms with E-state index in [9.17, 15) is 4.79 Å². The van der Waals surface area contributed by atoms with Crippen LogP contribution >= 0.6 is 0 Å². The highest BCUT2D eigenvalue weighted by atomic mass is 16.1. The smallest absolute Gasteiger partial charge is 0.221 e. The van der Waals surface area contributed by atoms with Gasteiger partial charge < -0.3 is 10.6 Å². The van der Waals surface area contributed by atoms with Crippen molar-refractivity contribution in [3.63, 3.8) is 0 Å². The van der Waals surface area contributed by atoms with Gasteiger partial charge in [0.05, 0.1) is 0 Å². The van der Waals surface area contributed by atoms with Crippen molar-refractivity contribution < 1.29 is 4.79 Å². The zero-order valence-corrected chi connectivity index (χ0v) is 9.64. The molecule has 0 bridgehead atoms. The average molecular weight is 210 g/mol. The van der Waals surface area contributed by atoms with E-state index < -0.39 is 0 Å². The molecule has 0 atom stereocenters. The molecule has 0 radical (unpaired) electrons. The van der Waals surface area contributed by atoms with E-state index in [0.717, 1.165) is 26.1 Å². The van der Waals surface area contributed by atoms with E-state index in [4.69, 9.17) is 0 Å². The highest BCUT2D eigenvalue weighted by molar-refractivity contribution is 5.75. The van der Waals surface area contributed by atoms with Crippen molar-refractivity contribution in [2.75, 3.05) is 19.6 Å². The number of nitrogens with one attached hydrogen (secondary N) is 2. The van der Waals surface area contributed by atoms with Gasteiger partial charge in [0.2, 0.25) is 5.91 Å². The Hall–Kier alpha value is -0.830. The van der Waals surface area contributed by atoms with E-state index in [2.05, 4.69) is 16.7 Å². The van der Waals surface area contributed by atoms with Crippen molar-refractivity contribution in [3.8, 4) is 0 Å². The molecule has 1 rings (SSSR count). The molecule has 86 valence electrons. The summed E-state index contributed by atoms with van der Waals surface area (Å²) in [6, 6.07) is 0. The molecule has 1 amide bonds. The molecular weight excluding hydrogens is 188 g/mol. The van der Waals surface area contributed by atoms with Gasteiger partial charge in [-0.2, -0.15) is 0 Å². The van der Waals surface area contributed by atoms with Crippen molar-refractivity contribution in [3.05, 3.63) is 11.6 Å². The zero-order chi connectivity index (χ0) is 10.9. The highest BCUT2D eigenvalue weighted by Gasteiger charge is 2.03. The Balaban J connectivity index is 1.90. The fourth-order valence-corrected chi connectivity index (χ4v) is 1.83. The summed E-state index contributed by atoms with van der Waals surface area (Å²) in [6.45, 7) is 4.47. The minimum Gasteiger partial charge on any atom is -0.356 e. The maximum Gasteiger partial charge on any atom is 0.221 e. The largest absolute Gasteiger partial charge is 0.356 e. The minimum absolute atomic E-state index is 0.144. The van der Waals surface area contributed by atoms with Crippen molar-refractivity contribution in [2.45, 2.75) is 39.0 Å². The number of hydrogen-bond acceptors (Lipinski definition) is 2. The van der Waals surface area contributed by atoms with Crippen molar-refractivity contribution in [2.24, 2.45) is 0 Å². The van der Waals surface area contributed by atoms with Gasteiger partial charge in [-0.3, -0.25) is 4.79 Å². The number of rotatable bonds is 7. The van der Waals surface area contributed by atoms with Gasteiger partial charge in [0.25, 0.3) is 0 Å². The number of carbonyl (C=O) groups is 1. The van der Waals surface area contributed by atoms with E-state index in [-0.39, 0.29) is 5.91 Å². The van der Waals surface area contributed by atoms with Gasteiger partial charge in [0, 0.05) is 19.5 Å². The molecule has 0 heterocycles. The van der Waals surface area contributed by atoms with Crippen LogP contribution in [0.3, 0.4) is 0 Å². The highest BCUT2D eigenvalue weighted by Crippen LogP contribution is 2.19. The molecule has 1 aliphatic rings. The van der Waals surface area contributed by atoms with Crippen LogP contribution in [0.25, 0.3) is 0 Å². The van der Waals surface area contributed by atoms with Crippen LogP contribution in [0.4, 0.5) is 0 Å². The topological polar surface area (TPSA) is 41.1 Å². The van der Waals surface area contributed by atoms with E-state index in [1.165, 1.54) is 19.3 Å². The summed E-state index contributed by atoms with van der Waals surface area (Å²) in [5.41, 5.74) is 1.58. The summed E-state index contributed by atoms with van der Waals surface area (Å²) in [5, 5.41) is 6.09. The summed E-state index contributed by atoms with van der Waals surface area (Å²) in [6.07, 6.45) is 7.95. The zero-order valence-electron chi connectivity index (χ0n) is 9.64. The van der Waals surface area contributed by atoms with Crippen LogP contribution < -0.4 is 10.6 Å². The van der Waals surface area contributed by atoms with Crippen molar-refractivity contribution in [1.29, 1.82) is 0 Å². The molecule has 0 aromatic carbocycles. The lowest BCUT2D eigenvalue weighted by Gasteiger charge is -2.05. The van der Waals surface area contributed by atoms with Gasteiger partial charge in [0.1, 0.15) is 0 Å². The monoisotopic (exact) mass is 210 g/mol. The molecule has 0 saturated heterocycles. The van der Waals surface area contributed by atoms with Gasteiger partial charge >= 0.3 is 0 Å². The maximum absolute atomic E-state index is 11.1. The van der Waals surface area contributed by atoms with E-state index >= 15 is 0 Å². The molecule has 0 aromatic rings. The lowest BCUT2D eigenvalue weighted by Crippen LogP contribution is -2.27. The molecule has 0 spiro atoms. The molecule has 0 saturated carbocycles. The molecule has 15 heavy (non-hydrogen) atoms. The first kappa shape index (κ1) is 12.2. The fourth-order valence-electron chi connectivity index (χ4n) is 1.83. The Morgan fingerprint density at radius 3 is 3.00 bits per heavy atom. The summed E-state index contributed by atoms with van der Waals surface area (Å²) < 4.78 is 0. The first-order chi connectivity index (χ1) is 7.33. The number of amides is 1. The SMILES string of the molecule is CCNC(=O)CCNCCC1=CCCC1. The van der Waals surface area contributed by atoms with Crippen molar-refractivity contribution in [1.82, 2.24) is 10.6 Å². The third-order valence-electron chi connectivity index (χ3n) is 2.66. The Morgan fingerprint density at radius 1 is 1.47 bits per heavy atom. The lowest BCUT2D eigenvalue weighted by molar-refractivity contribution is -0.120. The fraction of sp³-hybridized carbons (Fsp3) is 0.750. The van der Waals surface area contributed by atoms with Gasteiger partial charge in [-0.05, 0) is 39.2 Å². The van der Waals surface area contributed by atoms with Crippen LogP contribution in [0.1, 0.15) is 39.0 Å². The lowest BCUT2D eigenvalue weighted by atomic mass is 10.2. The predicted octanol–water partition coefficient (Wildman–Crippen LogP) is 1.60. The predicted molar refractivity (Wildman–Crippen MR) is 62.7 cm³/mol. The third-order valence-corrected chi connectivity index (χ3v) is 2.66. The standard InChI is InChI=1S/C12H22N2O/c1-2-14-12(15)8-10-13-9-7-11-5-3-4-6-11/h5,13H,2-4,6-10H2,1H3,(H,14,15). The van der Waals surface area contributed by atoms with E-state index in [0.29, 0.717) is 6.42 Å². The molecule has 0 aliphatic heterocycles. The Bertz CT molecular complexity index is 224. The second-order valence-corrected chi connectivity index (χ2v) is 3.96. The van der Waals surface area contributed by atoms with Crippen LogP contribution in [0.15, 0.2) is 11.6 Å². The summed E-state index contributed by atoms with van der Waals surface area (Å²) in [4.78, 5) is 11.1. The number of carbonyl (C=O) groups excluding carboxylic acids is 1. The second kappa shape index (κ2) is 7.46. The maximum atomic E-state index is 11.1. The van der Waals surface area contributed by atoms with Gasteiger partial charge in [-0.1, -0.05) is 11.6 Å².